The summed E-state index contributed by atoms with van der Waals surface area (Å²) in [6.07, 6.45) is 1.65. The SMILES string of the molecule is Cc1occc1-c1nnc(SCC(=O)Nc2ccccc2)n1[C@H](C)c1ccccc1. The summed E-state index contributed by atoms with van der Waals surface area (Å²) >= 11 is 1.37. The minimum atomic E-state index is -0.0887. The topological polar surface area (TPSA) is 72.9 Å². The Labute approximate surface area is 179 Å². The minimum absolute atomic E-state index is 0.00909. The predicted molar refractivity (Wildman–Crippen MR) is 119 cm³/mol. The first-order valence-electron chi connectivity index (χ1n) is 9.65. The van der Waals surface area contributed by atoms with Gasteiger partial charge in [0.15, 0.2) is 11.0 Å². The van der Waals surface area contributed by atoms with Gasteiger partial charge in [0.2, 0.25) is 5.91 Å². The lowest BCUT2D eigenvalue weighted by Gasteiger charge is -2.18. The summed E-state index contributed by atoms with van der Waals surface area (Å²) in [5.41, 5.74) is 2.80. The Morgan fingerprint density at radius 2 is 1.77 bits per heavy atom. The molecule has 7 heteroatoms. The van der Waals surface area contributed by atoms with Crippen molar-refractivity contribution >= 4 is 23.4 Å². The Balaban J connectivity index is 1.60. The Hall–Kier alpha value is -3.32. The molecule has 0 spiro atoms. The van der Waals surface area contributed by atoms with Crippen LogP contribution >= 0.6 is 11.8 Å². The highest BCUT2D eigenvalue weighted by atomic mass is 32.2. The minimum Gasteiger partial charge on any atom is -0.469 e. The molecule has 152 valence electrons. The fraction of sp³-hybridized carbons (Fsp3) is 0.174. The average molecular weight is 419 g/mol. The maximum absolute atomic E-state index is 12.4. The van der Waals surface area contributed by atoms with Crippen LogP contribution in [-0.2, 0) is 4.79 Å². The van der Waals surface area contributed by atoms with Gasteiger partial charge in [-0.1, -0.05) is 60.3 Å². The van der Waals surface area contributed by atoms with Crippen LogP contribution in [0.2, 0.25) is 0 Å². The van der Waals surface area contributed by atoms with Crippen LogP contribution in [0.15, 0.2) is 82.6 Å². The zero-order chi connectivity index (χ0) is 20.9. The quantitative estimate of drug-likeness (QED) is 0.418. The van der Waals surface area contributed by atoms with Crippen LogP contribution in [0.1, 0.15) is 24.3 Å². The van der Waals surface area contributed by atoms with E-state index in [2.05, 4.69) is 39.1 Å². The number of carbonyl (C=O) groups is 1. The number of para-hydroxylation sites is 1. The third-order valence-electron chi connectivity index (χ3n) is 4.82. The predicted octanol–water partition coefficient (Wildman–Crippen LogP) is 5.19. The number of aromatic nitrogens is 3. The second-order valence-electron chi connectivity index (χ2n) is 6.86. The fourth-order valence-electron chi connectivity index (χ4n) is 3.25. The van der Waals surface area contributed by atoms with Gasteiger partial charge < -0.3 is 9.73 Å². The summed E-state index contributed by atoms with van der Waals surface area (Å²) in [6, 6.07) is 21.5. The highest BCUT2D eigenvalue weighted by Gasteiger charge is 2.23. The fourth-order valence-corrected chi connectivity index (χ4v) is 4.07. The van der Waals surface area contributed by atoms with Crippen LogP contribution in [0.25, 0.3) is 11.4 Å². The van der Waals surface area contributed by atoms with E-state index in [9.17, 15) is 4.79 Å². The van der Waals surface area contributed by atoms with Crippen molar-refractivity contribution in [3.63, 3.8) is 0 Å². The number of carbonyl (C=O) groups excluding carboxylic acids is 1. The number of furan rings is 1. The molecule has 0 unspecified atom stereocenters. The van der Waals surface area contributed by atoms with Crippen LogP contribution < -0.4 is 5.32 Å². The monoisotopic (exact) mass is 418 g/mol. The van der Waals surface area contributed by atoms with E-state index in [1.807, 2.05) is 61.5 Å². The lowest BCUT2D eigenvalue weighted by atomic mass is 10.1. The van der Waals surface area contributed by atoms with Gasteiger partial charge in [0.1, 0.15) is 5.76 Å². The molecule has 0 aliphatic carbocycles. The van der Waals surface area contributed by atoms with Crippen molar-refractivity contribution in [2.75, 3.05) is 11.1 Å². The maximum atomic E-state index is 12.4. The van der Waals surface area contributed by atoms with E-state index in [-0.39, 0.29) is 17.7 Å². The molecule has 1 N–H and O–H groups in total. The molecule has 0 radical (unpaired) electrons. The average Bonchev–Trinajstić information content (AvgIpc) is 3.38. The molecule has 2 aromatic heterocycles. The zero-order valence-electron chi connectivity index (χ0n) is 16.8. The first-order valence-corrected chi connectivity index (χ1v) is 10.6. The van der Waals surface area contributed by atoms with Crippen molar-refractivity contribution in [3.05, 3.63) is 84.3 Å². The number of hydrogen-bond donors (Lipinski definition) is 1. The van der Waals surface area contributed by atoms with Crippen molar-refractivity contribution in [1.82, 2.24) is 14.8 Å². The van der Waals surface area contributed by atoms with E-state index in [0.717, 1.165) is 28.4 Å². The lowest BCUT2D eigenvalue weighted by molar-refractivity contribution is -0.113. The molecule has 4 rings (SSSR count). The normalized spacial score (nSPS) is 11.9. The standard InChI is InChI=1S/C23H22N4O2S/c1-16(18-9-5-3-6-10-18)27-22(20-13-14-29-17(20)2)25-26-23(27)30-15-21(28)24-19-11-7-4-8-12-19/h3-14,16H,15H2,1-2H3,(H,24,28)/t16-/m1/s1. The number of rotatable bonds is 7. The summed E-state index contributed by atoms with van der Waals surface area (Å²) in [5.74, 6) is 1.65. The Morgan fingerprint density at radius 1 is 1.07 bits per heavy atom. The van der Waals surface area contributed by atoms with E-state index in [0.29, 0.717) is 5.16 Å². The van der Waals surface area contributed by atoms with Gasteiger partial charge >= 0.3 is 0 Å². The Bertz CT molecular complexity index is 1120. The van der Waals surface area contributed by atoms with Gasteiger partial charge in [0.25, 0.3) is 0 Å². The molecular weight excluding hydrogens is 396 g/mol. The maximum Gasteiger partial charge on any atom is 0.234 e. The van der Waals surface area contributed by atoms with Crippen LogP contribution in [0, 0.1) is 6.92 Å². The number of benzene rings is 2. The molecule has 2 aromatic carbocycles. The van der Waals surface area contributed by atoms with Crippen molar-refractivity contribution in [1.29, 1.82) is 0 Å². The molecule has 0 fully saturated rings. The largest absolute Gasteiger partial charge is 0.469 e. The molecule has 0 saturated heterocycles. The molecule has 0 aliphatic rings. The smallest absolute Gasteiger partial charge is 0.234 e. The van der Waals surface area contributed by atoms with Crippen molar-refractivity contribution in [3.8, 4) is 11.4 Å². The van der Waals surface area contributed by atoms with Crippen LogP contribution in [-0.4, -0.2) is 26.4 Å². The molecule has 6 nitrogen and oxygen atoms in total. The lowest BCUT2D eigenvalue weighted by Crippen LogP contribution is -2.15. The number of nitrogens with one attached hydrogen (secondary N) is 1. The van der Waals surface area contributed by atoms with Crippen molar-refractivity contribution in [2.24, 2.45) is 0 Å². The molecule has 0 bridgehead atoms. The molecular formula is C23H22N4O2S. The van der Waals surface area contributed by atoms with Gasteiger partial charge in [0, 0.05) is 5.69 Å². The molecule has 1 amide bonds. The molecule has 4 aromatic rings. The number of thioether (sulfide) groups is 1. The van der Waals surface area contributed by atoms with Gasteiger partial charge in [-0.05, 0) is 37.6 Å². The van der Waals surface area contributed by atoms with Crippen molar-refractivity contribution in [2.45, 2.75) is 25.0 Å². The zero-order valence-corrected chi connectivity index (χ0v) is 17.6. The summed E-state index contributed by atoms with van der Waals surface area (Å²) in [4.78, 5) is 12.4. The van der Waals surface area contributed by atoms with Gasteiger partial charge in [-0.25, -0.2) is 0 Å². The van der Waals surface area contributed by atoms with E-state index in [1.165, 1.54) is 11.8 Å². The van der Waals surface area contributed by atoms with E-state index in [4.69, 9.17) is 4.42 Å². The number of hydrogen-bond acceptors (Lipinski definition) is 5. The van der Waals surface area contributed by atoms with Crippen molar-refractivity contribution < 1.29 is 9.21 Å². The van der Waals surface area contributed by atoms with Crippen LogP contribution in [0.5, 0.6) is 0 Å². The second kappa shape index (κ2) is 9.00. The number of nitrogens with zero attached hydrogens (tertiary/aromatic N) is 3. The van der Waals surface area contributed by atoms with E-state index >= 15 is 0 Å². The summed E-state index contributed by atoms with van der Waals surface area (Å²) < 4.78 is 7.54. The molecule has 0 aliphatic heterocycles. The summed E-state index contributed by atoms with van der Waals surface area (Å²) in [5, 5.41) is 12.4. The number of aryl methyl sites for hydroxylation is 1. The third-order valence-corrected chi connectivity index (χ3v) is 5.77. The Kier molecular flexibility index (Phi) is 5.99. The highest BCUT2D eigenvalue weighted by Crippen LogP contribution is 2.32. The van der Waals surface area contributed by atoms with E-state index < -0.39 is 0 Å². The summed E-state index contributed by atoms with van der Waals surface area (Å²) in [6.45, 7) is 4.01. The molecule has 1 atom stereocenters. The highest BCUT2D eigenvalue weighted by molar-refractivity contribution is 7.99. The van der Waals surface area contributed by atoms with Crippen LogP contribution in [0.3, 0.4) is 0 Å². The van der Waals surface area contributed by atoms with E-state index in [1.54, 1.807) is 6.26 Å². The molecule has 30 heavy (non-hydrogen) atoms. The van der Waals surface area contributed by atoms with Gasteiger partial charge in [-0.3, -0.25) is 9.36 Å². The molecule has 0 saturated carbocycles. The number of amides is 1. The Morgan fingerprint density at radius 3 is 2.43 bits per heavy atom. The first-order chi connectivity index (χ1) is 14.6. The first kappa shape index (κ1) is 20.0. The summed E-state index contributed by atoms with van der Waals surface area (Å²) in [7, 11) is 0. The third kappa shape index (κ3) is 4.31. The second-order valence-corrected chi connectivity index (χ2v) is 7.80. The van der Waals surface area contributed by atoms with Gasteiger partial charge in [-0.15, -0.1) is 10.2 Å². The van der Waals surface area contributed by atoms with Gasteiger partial charge in [-0.2, -0.15) is 0 Å². The van der Waals surface area contributed by atoms with Crippen LogP contribution in [0.4, 0.5) is 5.69 Å². The molecule has 2 heterocycles. The van der Waals surface area contributed by atoms with Gasteiger partial charge in [0.05, 0.1) is 23.6 Å². The number of anilines is 1.